The van der Waals surface area contributed by atoms with Gasteiger partial charge in [-0.15, -0.1) is 0 Å². The largest absolute Gasteiger partial charge is 0.493 e. The van der Waals surface area contributed by atoms with Gasteiger partial charge in [0, 0.05) is 12.1 Å². The van der Waals surface area contributed by atoms with Gasteiger partial charge in [0.05, 0.1) is 29.2 Å². The summed E-state index contributed by atoms with van der Waals surface area (Å²) in [7, 11) is -2.62. The Hall–Kier alpha value is -2.52. The zero-order valence-corrected chi connectivity index (χ0v) is 14.9. The van der Waals surface area contributed by atoms with Gasteiger partial charge in [0.25, 0.3) is 15.7 Å². The third-order valence-electron chi connectivity index (χ3n) is 3.14. The molecule has 2 aromatic rings. The number of anilines is 1. The number of sulfonamides is 1. The maximum atomic E-state index is 12.4. The Morgan fingerprint density at radius 1 is 1.20 bits per heavy atom. The molecule has 2 aromatic carbocycles. The quantitative estimate of drug-likeness (QED) is 0.576. The molecule has 0 fully saturated rings. The van der Waals surface area contributed by atoms with E-state index in [1.807, 2.05) is 6.92 Å². The third-order valence-corrected chi connectivity index (χ3v) is 4.84. The summed E-state index contributed by atoms with van der Waals surface area (Å²) in [6.45, 7) is 2.24. The van der Waals surface area contributed by atoms with Gasteiger partial charge < -0.3 is 9.47 Å². The van der Waals surface area contributed by atoms with Crippen LogP contribution in [0, 0.1) is 10.1 Å². The van der Waals surface area contributed by atoms with Crippen LogP contribution < -0.4 is 14.2 Å². The SMILES string of the molecule is CCOc1ccc(NS(=O)(=O)c2ccc(Cl)c([N+](=O)[O-])c2)cc1OC. The van der Waals surface area contributed by atoms with E-state index in [1.165, 1.54) is 25.3 Å². The lowest BCUT2D eigenvalue weighted by Crippen LogP contribution is -2.13. The molecular weight excluding hydrogens is 372 g/mol. The molecule has 0 spiro atoms. The summed E-state index contributed by atoms with van der Waals surface area (Å²) in [6.07, 6.45) is 0. The highest BCUT2D eigenvalue weighted by Gasteiger charge is 2.21. The summed E-state index contributed by atoms with van der Waals surface area (Å²) in [5, 5.41) is 10.8. The van der Waals surface area contributed by atoms with Crippen molar-refractivity contribution in [3.8, 4) is 11.5 Å². The predicted octanol–water partition coefficient (Wildman–Crippen LogP) is 3.46. The van der Waals surface area contributed by atoms with Crippen LogP contribution in [0.15, 0.2) is 41.3 Å². The minimum atomic E-state index is -4.05. The second-order valence-electron chi connectivity index (χ2n) is 4.77. The maximum absolute atomic E-state index is 12.4. The van der Waals surface area contributed by atoms with Gasteiger partial charge in [-0.25, -0.2) is 8.42 Å². The fourth-order valence-electron chi connectivity index (χ4n) is 2.02. The van der Waals surface area contributed by atoms with Gasteiger partial charge in [-0.1, -0.05) is 11.6 Å². The monoisotopic (exact) mass is 386 g/mol. The minimum absolute atomic E-state index is 0.147. The number of nitro benzene ring substituents is 1. The number of rotatable bonds is 7. The molecule has 25 heavy (non-hydrogen) atoms. The Labute approximate surface area is 149 Å². The number of nitro groups is 1. The number of benzene rings is 2. The molecule has 0 aliphatic rings. The second-order valence-corrected chi connectivity index (χ2v) is 6.86. The van der Waals surface area contributed by atoms with E-state index < -0.39 is 20.6 Å². The predicted molar refractivity (Wildman–Crippen MR) is 93.1 cm³/mol. The molecule has 0 aliphatic heterocycles. The molecule has 0 saturated carbocycles. The first-order valence-electron chi connectivity index (χ1n) is 7.06. The fraction of sp³-hybridized carbons (Fsp3) is 0.200. The van der Waals surface area contributed by atoms with Crippen molar-refractivity contribution >= 4 is 33.0 Å². The Morgan fingerprint density at radius 2 is 1.92 bits per heavy atom. The van der Waals surface area contributed by atoms with Crippen LogP contribution in [0.4, 0.5) is 11.4 Å². The fourth-order valence-corrected chi connectivity index (χ4v) is 3.28. The van der Waals surface area contributed by atoms with Crippen LogP contribution in [0.5, 0.6) is 11.5 Å². The molecule has 10 heteroatoms. The number of hydrogen-bond acceptors (Lipinski definition) is 6. The van der Waals surface area contributed by atoms with E-state index in [1.54, 1.807) is 6.07 Å². The summed E-state index contributed by atoms with van der Waals surface area (Å²) in [6, 6.07) is 7.75. The van der Waals surface area contributed by atoms with Crippen molar-refractivity contribution in [3.05, 3.63) is 51.5 Å². The first-order valence-corrected chi connectivity index (χ1v) is 8.92. The van der Waals surface area contributed by atoms with Crippen molar-refractivity contribution in [2.75, 3.05) is 18.4 Å². The van der Waals surface area contributed by atoms with Gasteiger partial charge in [0.15, 0.2) is 11.5 Å². The molecule has 0 atom stereocenters. The van der Waals surface area contributed by atoms with Crippen LogP contribution in [0.25, 0.3) is 0 Å². The van der Waals surface area contributed by atoms with Crippen molar-refractivity contribution in [1.82, 2.24) is 0 Å². The Balaban J connectivity index is 2.36. The summed E-state index contributed by atoms with van der Waals surface area (Å²) in [5.41, 5.74) is -0.272. The Morgan fingerprint density at radius 3 is 2.52 bits per heavy atom. The average molecular weight is 387 g/mol. The van der Waals surface area contributed by atoms with Gasteiger partial charge >= 0.3 is 0 Å². The smallest absolute Gasteiger partial charge is 0.289 e. The zero-order chi connectivity index (χ0) is 18.6. The molecule has 1 N–H and O–H groups in total. The highest BCUT2D eigenvalue weighted by atomic mass is 35.5. The molecule has 0 unspecified atom stereocenters. The van der Waals surface area contributed by atoms with E-state index in [0.717, 1.165) is 12.1 Å². The first kappa shape index (κ1) is 18.8. The number of methoxy groups -OCH3 is 1. The topological polar surface area (TPSA) is 108 Å². The standard InChI is InChI=1S/C15H15ClN2O6S/c1-3-24-14-7-4-10(8-15(14)23-2)17-25(21,22)11-5-6-12(16)13(9-11)18(19)20/h4-9,17H,3H2,1-2H3. The van der Waals surface area contributed by atoms with Crippen LogP contribution in [0.1, 0.15) is 6.92 Å². The molecule has 0 saturated heterocycles. The van der Waals surface area contributed by atoms with E-state index in [2.05, 4.69) is 4.72 Å². The van der Waals surface area contributed by atoms with Gasteiger partial charge in [0.1, 0.15) is 5.02 Å². The van der Waals surface area contributed by atoms with E-state index in [-0.39, 0.29) is 15.6 Å². The normalized spacial score (nSPS) is 11.0. The van der Waals surface area contributed by atoms with Crippen molar-refractivity contribution in [3.63, 3.8) is 0 Å². The van der Waals surface area contributed by atoms with Crippen molar-refractivity contribution < 1.29 is 22.8 Å². The van der Waals surface area contributed by atoms with Crippen LogP contribution in [0.3, 0.4) is 0 Å². The van der Waals surface area contributed by atoms with Gasteiger partial charge in [-0.2, -0.15) is 0 Å². The molecule has 0 bridgehead atoms. The number of nitrogens with zero attached hydrogens (tertiary/aromatic N) is 1. The molecule has 0 amide bonds. The third kappa shape index (κ3) is 4.31. The maximum Gasteiger partial charge on any atom is 0.289 e. The zero-order valence-electron chi connectivity index (χ0n) is 13.4. The van der Waals surface area contributed by atoms with E-state index in [0.29, 0.717) is 18.1 Å². The lowest BCUT2D eigenvalue weighted by atomic mass is 10.3. The van der Waals surface area contributed by atoms with Crippen molar-refractivity contribution in [1.29, 1.82) is 0 Å². The van der Waals surface area contributed by atoms with Crippen LogP contribution in [0.2, 0.25) is 5.02 Å². The van der Waals surface area contributed by atoms with E-state index in [9.17, 15) is 18.5 Å². The van der Waals surface area contributed by atoms with Crippen molar-refractivity contribution in [2.24, 2.45) is 0 Å². The summed E-state index contributed by atoms with van der Waals surface area (Å²) in [5.74, 6) is 0.819. The molecule has 0 aliphatic carbocycles. The number of nitrogens with one attached hydrogen (secondary N) is 1. The second kappa shape index (κ2) is 7.58. The molecule has 8 nitrogen and oxygen atoms in total. The van der Waals surface area contributed by atoms with Crippen LogP contribution in [-0.4, -0.2) is 27.1 Å². The molecule has 0 heterocycles. The molecular formula is C15H15ClN2O6S. The van der Waals surface area contributed by atoms with Gasteiger partial charge in [0.2, 0.25) is 0 Å². The Kier molecular flexibility index (Phi) is 5.70. The molecule has 2 rings (SSSR count). The van der Waals surface area contributed by atoms with Crippen molar-refractivity contribution in [2.45, 2.75) is 11.8 Å². The lowest BCUT2D eigenvalue weighted by molar-refractivity contribution is -0.384. The first-order chi connectivity index (χ1) is 11.8. The van der Waals surface area contributed by atoms with E-state index >= 15 is 0 Å². The van der Waals surface area contributed by atoms with Gasteiger partial charge in [-0.05, 0) is 31.2 Å². The Bertz CT molecular complexity index is 901. The highest BCUT2D eigenvalue weighted by molar-refractivity contribution is 7.92. The molecule has 0 aromatic heterocycles. The van der Waals surface area contributed by atoms with Crippen LogP contribution >= 0.6 is 11.6 Å². The molecule has 134 valence electrons. The van der Waals surface area contributed by atoms with Crippen LogP contribution in [-0.2, 0) is 10.0 Å². The number of halogens is 1. The average Bonchev–Trinajstić information content (AvgIpc) is 2.56. The number of hydrogen-bond donors (Lipinski definition) is 1. The summed E-state index contributed by atoms with van der Waals surface area (Å²) < 4.78 is 37.8. The van der Waals surface area contributed by atoms with Gasteiger partial charge in [-0.3, -0.25) is 14.8 Å². The summed E-state index contributed by atoms with van der Waals surface area (Å²) >= 11 is 5.70. The number of ether oxygens (including phenoxy) is 2. The highest BCUT2D eigenvalue weighted by Crippen LogP contribution is 2.32. The molecule has 0 radical (unpaired) electrons. The van der Waals surface area contributed by atoms with E-state index in [4.69, 9.17) is 21.1 Å². The lowest BCUT2D eigenvalue weighted by Gasteiger charge is -2.12. The minimum Gasteiger partial charge on any atom is -0.493 e. The summed E-state index contributed by atoms with van der Waals surface area (Å²) in [4.78, 5) is 9.89.